The summed E-state index contributed by atoms with van der Waals surface area (Å²) >= 11 is 5.03. The minimum Gasteiger partial charge on any atom is -0.392 e. The quantitative estimate of drug-likeness (QED) is 0.649. The number of ether oxygens (including phenoxy) is 1. The van der Waals surface area contributed by atoms with Crippen LogP contribution in [0.25, 0.3) is 0 Å². The molecule has 0 aromatic rings. The van der Waals surface area contributed by atoms with E-state index in [2.05, 4.69) is 5.32 Å². The van der Waals surface area contributed by atoms with E-state index in [9.17, 15) is 4.79 Å². The molecule has 0 heterocycles. The van der Waals surface area contributed by atoms with E-state index in [1.165, 1.54) is 0 Å². The average Bonchev–Trinajstić information content (AvgIpc) is 2.28. The lowest BCUT2D eigenvalue weighted by molar-refractivity contribution is -0.128. The van der Waals surface area contributed by atoms with Crippen molar-refractivity contribution in [3.63, 3.8) is 0 Å². The number of amides is 1. The second-order valence-electron chi connectivity index (χ2n) is 4.42. The van der Waals surface area contributed by atoms with Crippen molar-refractivity contribution in [1.82, 2.24) is 5.32 Å². The van der Waals surface area contributed by atoms with E-state index in [0.29, 0.717) is 26.0 Å². The van der Waals surface area contributed by atoms with E-state index in [-0.39, 0.29) is 16.8 Å². The standard InChI is InChI=1S/C12H24N2O2S/c1-5-12(6-2,10(13)17)11(15)14-7-9(3)8-16-4/h9H,5-8H2,1-4H3,(H2,13,17)(H,14,15). The summed E-state index contributed by atoms with van der Waals surface area (Å²) in [5, 5.41) is 2.90. The lowest BCUT2D eigenvalue weighted by Crippen LogP contribution is -2.49. The molecule has 3 N–H and O–H groups in total. The van der Waals surface area contributed by atoms with E-state index in [0.717, 1.165) is 0 Å². The van der Waals surface area contributed by atoms with E-state index < -0.39 is 5.41 Å². The van der Waals surface area contributed by atoms with Crippen LogP contribution in [0.5, 0.6) is 0 Å². The van der Waals surface area contributed by atoms with Crippen molar-refractivity contribution >= 4 is 23.1 Å². The first-order valence-corrected chi connectivity index (χ1v) is 6.42. The maximum atomic E-state index is 12.2. The number of rotatable bonds is 8. The molecule has 1 unspecified atom stereocenters. The summed E-state index contributed by atoms with van der Waals surface area (Å²) in [7, 11) is 1.65. The molecule has 0 spiro atoms. The SMILES string of the molecule is CCC(CC)(C(=O)NCC(C)COC)C(N)=S. The van der Waals surface area contributed by atoms with Gasteiger partial charge in [0.05, 0.1) is 17.0 Å². The van der Waals surface area contributed by atoms with Gasteiger partial charge in [0.25, 0.3) is 0 Å². The van der Waals surface area contributed by atoms with Gasteiger partial charge in [-0.05, 0) is 18.8 Å². The van der Waals surface area contributed by atoms with E-state index in [1.807, 2.05) is 20.8 Å². The molecule has 4 nitrogen and oxygen atoms in total. The molecule has 0 fully saturated rings. The van der Waals surface area contributed by atoms with Crippen molar-refractivity contribution in [2.45, 2.75) is 33.6 Å². The normalized spacial score (nSPS) is 13.2. The fourth-order valence-electron chi connectivity index (χ4n) is 1.81. The van der Waals surface area contributed by atoms with Gasteiger partial charge in [-0.25, -0.2) is 0 Å². The summed E-state index contributed by atoms with van der Waals surface area (Å²) < 4.78 is 5.02. The second kappa shape index (κ2) is 7.61. The van der Waals surface area contributed by atoms with Crippen LogP contribution in [-0.2, 0) is 9.53 Å². The predicted octanol–water partition coefficient (Wildman–Crippen LogP) is 1.48. The number of methoxy groups -OCH3 is 1. The molecule has 1 atom stereocenters. The number of carbonyl (C=O) groups excluding carboxylic acids is 1. The van der Waals surface area contributed by atoms with Crippen LogP contribution in [0.1, 0.15) is 33.6 Å². The number of thiocarbonyl (C=S) groups is 1. The third-order valence-corrected chi connectivity index (χ3v) is 3.57. The molecular weight excluding hydrogens is 236 g/mol. The van der Waals surface area contributed by atoms with Gasteiger partial charge in [-0.1, -0.05) is 33.0 Å². The van der Waals surface area contributed by atoms with Gasteiger partial charge in [-0.15, -0.1) is 0 Å². The minimum absolute atomic E-state index is 0.0713. The molecule has 0 aromatic carbocycles. The number of nitrogens with two attached hydrogens (primary N) is 1. The van der Waals surface area contributed by atoms with E-state index in [4.69, 9.17) is 22.7 Å². The summed E-state index contributed by atoms with van der Waals surface area (Å²) in [5.41, 5.74) is 5.00. The largest absolute Gasteiger partial charge is 0.392 e. The molecule has 5 heteroatoms. The Balaban J connectivity index is 4.50. The first-order chi connectivity index (χ1) is 7.94. The Hall–Kier alpha value is -0.680. The van der Waals surface area contributed by atoms with Crippen molar-refractivity contribution in [2.75, 3.05) is 20.3 Å². The molecule has 0 aliphatic heterocycles. The third kappa shape index (κ3) is 4.24. The summed E-state index contributed by atoms with van der Waals surface area (Å²) in [6, 6.07) is 0. The highest BCUT2D eigenvalue weighted by Crippen LogP contribution is 2.27. The molecule has 1 amide bonds. The summed E-state index contributed by atoms with van der Waals surface area (Å²) in [5.74, 6) is 0.208. The smallest absolute Gasteiger partial charge is 0.233 e. The van der Waals surface area contributed by atoms with Gasteiger partial charge < -0.3 is 15.8 Å². The molecule has 17 heavy (non-hydrogen) atoms. The van der Waals surface area contributed by atoms with Gasteiger partial charge in [0.15, 0.2) is 0 Å². The molecule has 0 aliphatic rings. The zero-order chi connectivity index (χ0) is 13.5. The highest BCUT2D eigenvalue weighted by molar-refractivity contribution is 7.80. The zero-order valence-corrected chi connectivity index (χ0v) is 12.0. The van der Waals surface area contributed by atoms with Crippen LogP contribution >= 0.6 is 12.2 Å². The minimum atomic E-state index is -0.706. The molecule has 0 saturated carbocycles. The first-order valence-electron chi connectivity index (χ1n) is 6.01. The Morgan fingerprint density at radius 2 is 2.00 bits per heavy atom. The number of nitrogens with one attached hydrogen (secondary N) is 1. The van der Waals surface area contributed by atoms with Gasteiger partial charge in [0.1, 0.15) is 0 Å². The van der Waals surface area contributed by atoms with Crippen molar-refractivity contribution in [3.05, 3.63) is 0 Å². The lowest BCUT2D eigenvalue weighted by atomic mass is 9.81. The lowest BCUT2D eigenvalue weighted by Gasteiger charge is -2.29. The Morgan fingerprint density at radius 1 is 1.47 bits per heavy atom. The third-order valence-electron chi connectivity index (χ3n) is 3.18. The molecule has 100 valence electrons. The van der Waals surface area contributed by atoms with Crippen LogP contribution in [0, 0.1) is 11.3 Å². The summed E-state index contributed by atoms with van der Waals surface area (Å²) in [4.78, 5) is 12.4. The summed E-state index contributed by atoms with van der Waals surface area (Å²) in [6.45, 7) is 7.08. The number of hydrogen-bond acceptors (Lipinski definition) is 3. The van der Waals surface area contributed by atoms with Crippen molar-refractivity contribution in [2.24, 2.45) is 17.1 Å². The topological polar surface area (TPSA) is 64.3 Å². The second-order valence-corrected chi connectivity index (χ2v) is 4.86. The molecule has 0 bridgehead atoms. The van der Waals surface area contributed by atoms with Gasteiger partial charge in [0.2, 0.25) is 5.91 Å². The first kappa shape index (κ1) is 16.3. The Bertz CT molecular complexity index is 265. The average molecular weight is 260 g/mol. The van der Waals surface area contributed by atoms with Crippen molar-refractivity contribution in [1.29, 1.82) is 0 Å². The number of carbonyl (C=O) groups is 1. The van der Waals surface area contributed by atoms with Gasteiger partial charge in [-0.2, -0.15) is 0 Å². The molecule has 0 aliphatic carbocycles. The van der Waals surface area contributed by atoms with Crippen LogP contribution in [0.4, 0.5) is 0 Å². The van der Waals surface area contributed by atoms with Crippen LogP contribution < -0.4 is 11.1 Å². The Labute approximate surface area is 109 Å². The van der Waals surface area contributed by atoms with Crippen LogP contribution in [-0.4, -0.2) is 31.2 Å². The van der Waals surface area contributed by atoms with Gasteiger partial charge in [-0.3, -0.25) is 4.79 Å². The van der Waals surface area contributed by atoms with Gasteiger partial charge in [0, 0.05) is 13.7 Å². The number of hydrogen-bond donors (Lipinski definition) is 2. The maximum absolute atomic E-state index is 12.2. The molecule has 0 rings (SSSR count). The highest BCUT2D eigenvalue weighted by atomic mass is 32.1. The highest BCUT2D eigenvalue weighted by Gasteiger charge is 2.37. The van der Waals surface area contributed by atoms with E-state index >= 15 is 0 Å². The molecular formula is C12H24N2O2S. The Kier molecular flexibility index (Phi) is 7.30. The monoisotopic (exact) mass is 260 g/mol. The van der Waals surface area contributed by atoms with Gasteiger partial charge >= 0.3 is 0 Å². The Morgan fingerprint density at radius 3 is 2.35 bits per heavy atom. The van der Waals surface area contributed by atoms with Crippen LogP contribution in [0.3, 0.4) is 0 Å². The van der Waals surface area contributed by atoms with Crippen LogP contribution in [0.15, 0.2) is 0 Å². The van der Waals surface area contributed by atoms with Crippen molar-refractivity contribution in [3.8, 4) is 0 Å². The maximum Gasteiger partial charge on any atom is 0.233 e. The van der Waals surface area contributed by atoms with Crippen molar-refractivity contribution < 1.29 is 9.53 Å². The fraction of sp³-hybridized carbons (Fsp3) is 0.833. The molecule has 0 radical (unpaired) electrons. The predicted molar refractivity (Wildman–Crippen MR) is 73.9 cm³/mol. The molecule has 0 aromatic heterocycles. The summed E-state index contributed by atoms with van der Waals surface area (Å²) in [6.07, 6.45) is 1.26. The van der Waals surface area contributed by atoms with E-state index in [1.54, 1.807) is 7.11 Å². The zero-order valence-electron chi connectivity index (χ0n) is 11.2. The fourth-order valence-corrected chi connectivity index (χ4v) is 2.19. The molecule has 0 saturated heterocycles. The van der Waals surface area contributed by atoms with Crippen LogP contribution in [0.2, 0.25) is 0 Å².